The highest BCUT2D eigenvalue weighted by molar-refractivity contribution is 5.74. The van der Waals surface area contributed by atoms with Crippen molar-refractivity contribution in [1.29, 1.82) is 0 Å². The molecule has 0 aromatic carbocycles. The fourth-order valence-corrected chi connectivity index (χ4v) is 1.25. The number of carboxylic acid groups (broad SMARTS) is 1. The minimum atomic E-state index is -0.858. The van der Waals surface area contributed by atoms with Gasteiger partial charge in [0.2, 0.25) is 0 Å². The van der Waals surface area contributed by atoms with Crippen LogP contribution in [0.2, 0.25) is 0 Å². The Balaban J connectivity index is 2.76. The van der Waals surface area contributed by atoms with Crippen LogP contribution < -0.4 is 5.32 Å². The number of carboxylic acids is 1. The van der Waals surface area contributed by atoms with E-state index in [0.29, 0.717) is 0 Å². The molecule has 0 aliphatic carbocycles. The molecule has 0 bridgehead atoms. The molecule has 72 valence electrons. The SMILES string of the molecule is CNC(C(=O)O)C(C)n1ccnc1. The summed E-state index contributed by atoms with van der Waals surface area (Å²) in [7, 11) is 1.63. The Bertz CT molecular complexity index is 271. The van der Waals surface area contributed by atoms with Gasteiger partial charge in [-0.25, -0.2) is 4.98 Å². The summed E-state index contributed by atoms with van der Waals surface area (Å²) in [6, 6.07) is -0.737. The third-order valence-corrected chi connectivity index (χ3v) is 2.05. The van der Waals surface area contributed by atoms with Gasteiger partial charge in [-0.05, 0) is 14.0 Å². The topological polar surface area (TPSA) is 67.2 Å². The first-order chi connectivity index (χ1) is 6.16. The highest BCUT2D eigenvalue weighted by Crippen LogP contribution is 2.09. The molecule has 13 heavy (non-hydrogen) atoms. The summed E-state index contributed by atoms with van der Waals surface area (Å²) in [5, 5.41) is 11.6. The van der Waals surface area contributed by atoms with Crippen molar-refractivity contribution in [3.8, 4) is 0 Å². The standard InChI is InChI=1S/C8H13N3O2/c1-6(7(9-2)8(12)13)11-4-3-10-5-11/h3-7,9H,1-2H3,(H,12,13). The van der Waals surface area contributed by atoms with Gasteiger partial charge < -0.3 is 15.0 Å². The second-order valence-electron chi connectivity index (χ2n) is 2.86. The van der Waals surface area contributed by atoms with Gasteiger partial charge in [0.15, 0.2) is 0 Å². The number of nitrogens with zero attached hydrogens (tertiary/aromatic N) is 2. The maximum atomic E-state index is 10.8. The van der Waals surface area contributed by atoms with Crippen LogP contribution in [0, 0.1) is 0 Å². The zero-order valence-corrected chi connectivity index (χ0v) is 7.64. The van der Waals surface area contributed by atoms with E-state index in [-0.39, 0.29) is 6.04 Å². The summed E-state index contributed by atoms with van der Waals surface area (Å²) in [4.78, 5) is 14.6. The quantitative estimate of drug-likeness (QED) is 0.695. The van der Waals surface area contributed by atoms with Gasteiger partial charge in [-0.3, -0.25) is 4.79 Å². The smallest absolute Gasteiger partial charge is 0.322 e. The Morgan fingerprint density at radius 3 is 2.77 bits per heavy atom. The average molecular weight is 183 g/mol. The van der Waals surface area contributed by atoms with Crippen molar-refractivity contribution in [1.82, 2.24) is 14.9 Å². The zero-order chi connectivity index (χ0) is 9.84. The molecule has 0 fully saturated rings. The third-order valence-electron chi connectivity index (χ3n) is 2.05. The number of rotatable bonds is 4. The summed E-state index contributed by atoms with van der Waals surface area (Å²) < 4.78 is 1.76. The van der Waals surface area contributed by atoms with E-state index in [2.05, 4.69) is 10.3 Å². The van der Waals surface area contributed by atoms with E-state index < -0.39 is 12.0 Å². The molecule has 0 saturated heterocycles. The maximum absolute atomic E-state index is 10.8. The van der Waals surface area contributed by atoms with Crippen LogP contribution in [-0.4, -0.2) is 33.7 Å². The number of hydrogen-bond donors (Lipinski definition) is 2. The van der Waals surface area contributed by atoms with Crippen LogP contribution in [-0.2, 0) is 4.79 Å². The monoisotopic (exact) mass is 183 g/mol. The van der Waals surface area contributed by atoms with Crippen LogP contribution in [0.3, 0.4) is 0 Å². The first-order valence-electron chi connectivity index (χ1n) is 4.04. The van der Waals surface area contributed by atoms with E-state index in [1.165, 1.54) is 0 Å². The van der Waals surface area contributed by atoms with Gasteiger partial charge in [0.25, 0.3) is 0 Å². The van der Waals surface area contributed by atoms with Crippen molar-refractivity contribution >= 4 is 5.97 Å². The van der Waals surface area contributed by atoms with E-state index in [1.54, 1.807) is 30.3 Å². The number of nitrogens with one attached hydrogen (secondary N) is 1. The molecule has 1 heterocycles. The molecule has 1 aromatic rings. The normalized spacial score (nSPS) is 15.2. The van der Waals surface area contributed by atoms with Crippen LogP contribution in [0.1, 0.15) is 13.0 Å². The first kappa shape index (κ1) is 9.73. The Morgan fingerprint density at radius 2 is 2.38 bits per heavy atom. The van der Waals surface area contributed by atoms with Gasteiger partial charge in [0.05, 0.1) is 12.4 Å². The lowest BCUT2D eigenvalue weighted by atomic mass is 10.1. The molecule has 2 atom stereocenters. The number of likely N-dealkylation sites (N-methyl/N-ethyl adjacent to an activating group) is 1. The van der Waals surface area contributed by atoms with Crippen molar-refractivity contribution in [2.75, 3.05) is 7.05 Å². The molecule has 2 N–H and O–H groups in total. The summed E-state index contributed by atoms with van der Waals surface area (Å²) in [5.74, 6) is -0.858. The summed E-state index contributed by atoms with van der Waals surface area (Å²) >= 11 is 0. The maximum Gasteiger partial charge on any atom is 0.322 e. The van der Waals surface area contributed by atoms with Crippen LogP contribution in [0.15, 0.2) is 18.7 Å². The largest absolute Gasteiger partial charge is 0.480 e. The number of imidazole rings is 1. The van der Waals surface area contributed by atoms with Gasteiger partial charge in [-0.2, -0.15) is 0 Å². The second-order valence-corrected chi connectivity index (χ2v) is 2.86. The minimum absolute atomic E-state index is 0.148. The van der Waals surface area contributed by atoms with E-state index >= 15 is 0 Å². The zero-order valence-electron chi connectivity index (χ0n) is 7.64. The number of carbonyl (C=O) groups is 1. The van der Waals surface area contributed by atoms with Crippen LogP contribution in [0.4, 0.5) is 0 Å². The van der Waals surface area contributed by atoms with Crippen molar-refractivity contribution < 1.29 is 9.90 Å². The highest BCUT2D eigenvalue weighted by Gasteiger charge is 2.23. The molecule has 0 aliphatic heterocycles. The number of hydrogen-bond acceptors (Lipinski definition) is 3. The molecule has 5 heteroatoms. The molecule has 0 aliphatic rings. The van der Waals surface area contributed by atoms with Gasteiger partial charge in [0, 0.05) is 12.4 Å². The Hall–Kier alpha value is -1.36. The highest BCUT2D eigenvalue weighted by atomic mass is 16.4. The Morgan fingerprint density at radius 1 is 1.69 bits per heavy atom. The number of aromatic nitrogens is 2. The lowest BCUT2D eigenvalue weighted by Gasteiger charge is -2.20. The van der Waals surface area contributed by atoms with Crippen LogP contribution in [0.5, 0.6) is 0 Å². The first-order valence-corrected chi connectivity index (χ1v) is 4.04. The summed E-state index contributed by atoms with van der Waals surface area (Å²) in [6.07, 6.45) is 4.99. The number of aliphatic carboxylic acids is 1. The van der Waals surface area contributed by atoms with E-state index in [0.717, 1.165) is 0 Å². The predicted octanol–water partition coefficient (Wildman–Crippen LogP) is 0.117. The summed E-state index contributed by atoms with van der Waals surface area (Å²) in [5.41, 5.74) is 0. The van der Waals surface area contributed by atoms with Crippen molar-refractivity contribution in [3.63, 3.8) is 0 Å². The molecule has 1 rings (SSSR count). The molecule has 1 aromatic heterocycles. The van der Waals surface area contributed by atoms with Crippen molar-refractivity contribution in [2.24, 2.45) is 0 Å². The molecule has 2 unspecified atom stereocenters. The average Bonchev–Trinajstić information content (AvgIpc) is 2.56. The van der Waals surface area contributed by atoms with Gasteiger partial charge >= 0.3 is 5.97 Å². The van der Waals surface area contributed by atoms with E-state index in [9.17, 15) is 4.79 Å². The third kappa shape index (κ3) is 2.06. The van der Waals surface area contributed by atoms with Crippen molar-refractivity contribution in [3.05, 3.63) is 18.7 Å². The molecular formula is C8H13N3O2. The molecule has 0 spiro atoms. The fourth-order valence-electron chi connectivity index (χ4n) is 1.25. The second kappa shape index (κ2) is 4.04. The Labute approximate surface area is 76.4 Å². The van der Waals surface area contributed by atoms with Gasteiger partial charge in [0.1, 0.15) is 6.04 Å². The van der Waals surface area contributed by atoms with Crippen LogP contribution in [0.25, 0.3) is 0 Å². The van der Waals surface area contributed by atoms with Crippen LogP contribution >= 0.6 is 0 Å². The van der Waals surface area contributed by atoms with E-state index in [1.807, 2.05) is 6.92 Å². The fraction of sp³-hybridized carbons (Fsp3) is 0.500. The molecule has 0 amide bonds. The lowest BCUT2D eigenvalue weighted by molar-refractivity contribution is -0.140. The van der Waals surface area contributed by atoms with Gasteiger partial charge in [-0.15, -0.1) is 0 Å². The summed E-state index contributed by atoms with van der Waals surface area (Å²) in [6.45, 7) is 1.83. The lowest BCUT2D eigenvalue weighted by Crippen LogP contribution is -2.40. The molecule has 0 saturated carbocycles. The molecule has 5 nitrogen and oxygen atoms in total. The Kier molecular flexibility index (Phi) is 3.02. The predicted molar refractivity (Wildman–Crippen MR) is 47.4 cm³/mol. The minimum Gasteiger partial charge on any atom is -0.480 e. The van der Waals surface area contributed by atoms with Crippen molar-refractivity contribution in [2.45, 2.75) is 19.0 Å². The molecular weight excluding hydrogens is 170 g/mol. The van der Waals surface area contributed by atoms with Gasteiger partial charge in [-0.1, -0.05) is 0 Å². The van der Waals surface area contributed by atoms with E-state index in [4.69, 9.17) is 5.11 Å². The molecule has 0 radical (unpaired) electrons.